The lowest BCUT2D eigenvalue weighted by Crippen LogP contribution is -2.50. The van der Waals surface area contributed by atoms with Gasteiger partial charge < -0.3 is 5.11 Å². The van der Waals surface area contributed by atoms with Gasteiger partial charge in [0.1, 0.15) is 0 Å². The number of carbonyl (C=O) groups excluding carboxylic acids is 2. The highest BCUT2D eigenvalue weighted by Gasteiger charge is 2.55. The van der Waals surface area contributed by atoms with Crippen molar-refractivity contribution in [3.8, 4) is 0 Å². The lowest BCUT2D eigenvalue weighted by Gasteiger charge is -2.29. The van der Waals surface area contributed by atoms with Gasteiger partial charge in [-0.3, -0.25) is 19.4 Å². The number of nitrogens with zero attached hydrogens (tertiary/aromatic N) is 2. The molecule has 0 aliphatic carbocycles. The van der Waals surface area contributed by atoms with Crippen molar-refractivity contribution >= 4 is 17.8 Å². The number of aryl methyl sites for hydroxylation is 2. The third-order valence-corrected chi connectivity index (χ3v) is 6.99. The largest absolute Gasteiger partial charge is 0.478 e. The SMILES string of the molecule is Cc1ccc(C(=O)N2C(C(=O)O)N(C(=O)c3ccc(C)cc3)[C@@H](c3ccccc3)[C@@H]2c2ccccc2)cc1. The number of carbonyl (C=O) groups is 3. The molecule has 1 heterocycles. The van der Waals surface area contributed by atoms with Crippen LogP contribution in [0.5, 0.6) is 0 Å². The van der Waals surface area contributed by atoms with Crippen molar-refractivity contribution in [2.45, 2.75) is 32.1 Å². The van der Waals surface area contributed by atoms with E-state index < -0.39 is 36.0 Å². The summed E-state index contributed by atoms with van der Waals surface area (Å²) in [6, 6.07) is 31.2. The van der Waals surface area contributed by atoms with Crippen LogP contribution in [0.2, 0.25) is 0 Å². The summed E-state index contributed by atoms with van der Waals surface area (Å²) in [7, 11) is 0. The highest BCUT2D eigenvalue weighted by molar-refractivity contribution is 6.01. The van der Waals surface area contributed by atoms with Crippen LogP contribution in [0.3, 0.4) is 0 Å². The van der Waals surface area contributed by atoms with Crippen molar-refractivity contribution in [1.29, 1.82) is 0 Å². The van der Waals surface area contributed by atoms with Crippen LogP contribution in [0.1, 0.15) is 55.1 Å². The highest BCUT2D eigenvalue weighted by Crippen LogP contribution is 2.48. The molecule has 0 bridgehead atoms. The molecule has 0 unspecified atom stereocenters. The summed E-state index contributed by atoms with van der Waals surface area (Å²) in [5.74, 6) is -2.18. The van der Waals surface area contributed by atoms with Crippen molar-refractivity contribution in [1.82, 2.24) is 9.80 Å². The van der Waals surface area contributed by atoms with Gasteiger partial charge >= 0.3 is 5.97 Å². The number of hydrogen-bond donors (Lipinski definition) is 1. The summed E-state index contributed by atoms with van der Waals surface area (Å²) >= 11 is 0. The maximum absolute atomic E-state index is 14.1. The molecule has 2 atom stereocenters. The van der Waals surface area contributed by atoms with Gasteiger partial charge in [-0.1, -0.05) is 96.1 Å². The number of aliphatic carboxylic acids is 1. The van der Waals surface area contributed by atoms with E-state index in [9.17, 15) is 19.5 Å². The Morgan fingerprint density at radius 2 is 0.895 bits per heavy atom. The summed E-state index contributed by atoms with van der Waals surface area (Å²) < 4.78 is 0. The molecule has 38 heavy (non-hydrogen) atoms. The van der Waals surface area contributed by atoms with Gasteiger partial charge in [-0.2, -0.15) is 0 Å². The Morgan fingerprint density at radius 3 is 1.21 bits per heavy atom. The minimum Gasteiger partial charge on any atom is -0.478 e. The van der Waals surface area contributed by atoms with Crippen LogP contribution in [-0.4, -0.2) is 38.9 Å². The lowest BCUT2D eigenvalue weighted by atomic mass is 9.92. The molecule has 1 N–H and O–H groups in total. The predicted molar refractivity (Wildman–Crippen MR) is 144 cm³/mol. The van der Waals surface area contributed by atoms with Crippen LogP contribution < -0.4 is 0 Å². The Hall–Kier alpha value is -4.71. The third kappa shape index (κ3) is 4.57. The third-order valence-electron chi connectivity index (χ3n) is 6.99. The van der Waals surface area contributed by atoms with Crippen molar-refractivity contribution < 1.29 is 19.5 Å². The Balaban J connectivity index is 1.75. The van der Waals surface area contributed by atoms with Gasteiger partial charge in [0, 0.05) is 11.1 Å². The topological polar surface area (TPSA) is 77.9 Å². The average molecular weight is 505 g/mol. The molecule has 190 valence electrons. The molecule has 4 aromatic rings. The number of carboxylic acids is 1. The Bertz CT molecular complexity index is 1340. The Kier molecular flexibility index (Phi) is 6.79. The second-order valence-corrected chi connectivity index (χ2v) is 9.58. The second kappa shape index (κ2) is 10.3. The van der Waals surface area contributed by atoms with Gasteiger partial charge in [0.05, 0.1) is 12.1 Å². The molecular formula is C32H28N2O4. The minimum atomic E-state index is -1.52. The van der Waals surface area contributed by atoms with Gasteiger partial charge in [0.2, 0.25) is 6.17 Å². The summed E-state index contributed by atoms with van der Waals surface area (Å²) in [5.41, 5.74) is 4.17. The fourth-order valence-electron chi connectivity index (χ4n) is 5.13. The fraction of sp³-hybridized carbons (Fsp3) is 0.156. The van der Waals surface area contributed by atoms with Crippen molar-refractivity contribution in [3.63, 3.8) is 0 Å². The number of carboxylic acid groups (broad SMARTS) is 1. The summed E-state index contributed by atoms with van der Waals surface area (Å²) in [6.07, 6.45) is -1.52. The highest BCUT2D eigenvalue weighted by atomic mass is 16.4. The van der Waals surface area contributed by atoms with E-state index in [0.29, 0.717) is 11.1 Å². The number of benzene rings is 4. The van der Waals surface area contributed by atoms with Gasteiger partial charge in [-0.05, 0) is 49.2 Å². The first kappa shape index (κ1) is 25.0. The first-order chi connectivity index (χ1) is 18.4. The molecule has 1 saturated heterocycles. The van der Waals surface area contributed by atoms with Gasteiger partial charge in [0.25, 0.3) is 11.8 Å². The second-order valence-electron chi connectivity index (χ2n) is 9.58. The molecule has 1 aliphatic heterocycles. The monoisotopic (exact) mass is 504 g/mol. The molecule has 2 amide bonds. The maximum Gasteiger partial charge on any atom is 0.347 e. The van der Waals surface area contributed by atoms with Crippen LogP contribution in [0, 0.1) is 13.8 Å². The molecular weight excluding hydrogens is 476 g/mol. The molecule has 6 heteroatoms. The summed E-state index contributed by atoms with van der Waals surface area (Å²) in [5, 5.41) is 10.6. The van der Waals surface area contributed by atoms with Gasteiger partial charge in [-0.25, -0.2) is 4.79 Å². The molecule has 0 spiro atoms. The normalized spacial score (nSPS) is 17.4. The fourth-order valence-corrected chi connectivity index (χ4v) is 5.13. The standard InChI is InChI=1S/C32H28N2O4/c1-21-13-17-25(18-14-21)30(35)33-27(23-9-5-3-6-10-23)28(24-11-7-4-8-12-24)34(29(33)32(37)38)31(36)26-19-15-22(2)16-20-26/h3-20,27-29H,1-2H3,(H,37,38)/t27-,28-/m0/s1. The smallest absolute Gasteiger partial charge is 0.347 e. The maximum atomic E-state index is 14.1. The van der Waals surface area contributed by atoms with Crippen molar-refractivity contribution in [2.24, 2.45) is 0 Å². The van der Waals surface area contributed by atoms with Crippen molar-refractivity contribution in [2.75, 3.05) is 0 Å². The van der Waals surface area contributed by atoms with Crippen LogP contribution in [0.25, 0.3) is 0 Å². The van der Waals surface area contributed by atoms with Gasteiger partial charge in [0.15, 0.2) is 0 Å². The summed E-state index contributed by atoms with van der Waals surface area (Å²) in [4.78, 5) is 43.9. The van der Waals surface area contributed by atoms with E-state index in [-0.39, 0.29) is 0 Å². The Labute approximate surface area is 221 Å². The zero-order valence-electron chi connectivity index (χ0n) is 21.2. The van der Waals surface area contributed by atoms with E-state index in [0.717, 1.165) is 22.3 Å². The zero-order chi connectivity index (χ0) is 26.8. The first-order valence-electron chi connectivity index (χ1n) is 12.5. The average Bonchev–Trinajstić information content (AvgIpc) is 3.30. The van der Waals surface area contributed by atoms with Crippen LogP contribution in [0.15, 0.2) is 109 Å². The predicted octanol–water partition coefficient (Wildman–Crippen LogP) is 5.79. The number of hydrogen-bond acceptors (Lipinski definition) is 3. The molecule has 5 rings (SSSR count). The minimum absolute atomic E-state index is 0.360. The zero-order valence-corrected chi connectivity index (χ0v) is 21.2. The van der Waals surface area contributed by atoms with E-state index >= 15 is 0 Å². The van der Waals surface area contributed by atoms with E-state index in [1.807, 2.05) is 98.8 Å². The molecule has 1 fully saturated rings. The summed E-state index contributed by atoms with van der Waals surface area (Å²) in [6.45, 7) is 3.84. The van der Waals surface area contributed by atoms with E-state index in [4.69, 9.17) is 0 Å². The molecule has 1 aliphatic rings. The molecule has 4 aromatic carbocycles. The molecule has 0 aromatic heterocycles. The Morgan fingerprint density at radius 1 is 0.553 bits per heavy atom. The number of rotatable bonds is 5. The van der Waals surface area contributed by atoms with Crippen LogP contribution in [0.4, 0.5) is 0 Å². The van der Waals surface area contributed by atoms with E-state index in [1.165, 1.54) is 9.80 Å². The lowest BCUT2D eigenvalue weighted by molar-refractivity contribution is -0.145. The quantitative estimate of drug-likeness (QED) is 0.373. The molecule has 0 radical (unpaired) electrons. The number of amides is 2. The van der Waals surface area contributed by atoms with Crippen LogP contribution >= 0.6 is 0 Å². The van der Waals surface area contributed by atoms with Crippen LogP contribution in [-0.2, 0) is 4.79 Å². The molecule has 6 nitrogen and oxygen atoms in total. The van der Waals surface area contributed by atoms with E-state index in [2.05, 4.69) is 0 Å². The van der Waals surface area contributed by atoms with E-state index in [1.54, 1.807) is 24.3 Å². The van der Waals surface area contributed by atoms with Gasteiger partial charge in [-0.15, -0.1) is 0 Å². The van der Waals surface area contributed by atoms with Crippen molar-refractivity contribution in [3.05, 3.63) is 143 Å². The molecule has 0 saturated carbocycles. The first-order valence-corrected chi connectivity index (χ1v) is 12.5.